The van der Waals surface area contributed by atoms with Crippen molar-refractivity contribution in [2.24, 2.45) is 0 Å². The third-order valence-electron chi connectivity index (χ3n) is 2.31. The van der Waals surface area contributed by atoms with Crippen LogP contribution in [0.3, 0.4) is 0 Å². The summed E-state index contributed by atoms with van der Waals surface area (Å²) in [5.41, 5.74) is 0.646. The molecular weight excluding hydrogens is 236 g/mol. The fraction of sp³-hybridized carbons (Fsp3) is 0.273. The van der Waals surface area contributed by atoms with Gasteiger partial charge in [-0.05, 0) is 19.1 Å². The standard InChI is InChI=1S/C11H12N4O3/c1-6-8(11(16)17)3-4-9(13-6)12-5-10-14-7(2)18-15-10/h3-4H,5H2,1-2H3,(H,12,13)(H,16,17). The molecule has 7 nitrogen and oxygen atoms in total. The third kappa shape index (κ3) is 2.62. The zero-order valence-corrected chi connectivity index (χ0v) is 9.97. The Bertz CT molecular complexity index is 579. The van der Waals surface area contributed by atoms with Gasteiger partial charge in [0.05, 0.1) is 17.8 Å². The molecule has 0 bridgehead atoms. The molecule has 18 heavy (non-hydrogen) atoms. The van der Waals surface area contributed by atoms with Crippen LogP contribution in [0.4, 0.5) is 5.82 Å². The molecule has 7 heteroatoms. The minimum atomic E-state index is -0.986. The van der Waals surface area contributed by atoms with Crippen LogP contribution >= 0.6 is 0 Å². The van der Waals surface area contributed by atoms with E-state index in [1.165, 1.54) is 6.07 Å². The summed E-state index contributed by atoms with van der Waals surface area (Å²) in [4.78, 5) is 19.0. The van der Waals surface area contributed by atoms with Crippen molar-refractivity contribution in [3.8, 4) is 0 Å². The first-order valence-electron chi connectivity index (χ1n) is 5.30. The van der Waals surface area contributed by atoms with Gasteiger partial charge in [0.2, 0.25) is 5.89 Å². The van der Waals surface area contributed by atoms with Crippen molar-refractivity contribution in [1.29, 1.82) is 0 Å². The maximum atomic E-state index is 10.8. The number of carbonyl (C=O) groups is 1. The van der Waals surface area contributed by atoms with Gasteiger partial charge in [-0.2, -0.15) is 4.98 Å². The Hall–Kier alpha value is -2.44. The Morgan fingerprint density at radius 1 is 1.39 bits per heavy atom. The van der Waals surface area contributed by atoms with Gasteiger partial charge in [-0.15, -0.1) is 0 Å². The van der Waals surface area contributed by atoms with E-state index in [0.717, 1.165) is 0 Å². The number of aromatic nitrogens is 3. The number of hydrogen-bond donors (Lipinski definition) is 2. The lowest BCUT2D eigenvalue weighted by Crippen LogP contribution is -2.07. The van der Waals surface area contributed by atoms with Crippen LogP contribution in [-0.4, -0.2) is 26.2 Å². The van der Waals surface area contributed by atoms with Crippen LogP contribution in [0.1, 0.15) is 27.8 Å². The Kier molecular flexibility index (Phi) is 3.22. The Morgan fingerprint density at radius 2 is 2.17 bits per heavy atom. The fourth-order valence-corrected chi connectivity index (χ4v) is 1.47. The molecule has 0 saturated heterocycles. The second-order valence-corrected chi connectivity index (χ2v) is 3.72. The van der Waals surface area contributed by atoms with Gasteiger partial charge in [0.15, 0.2) is 5.82 Å². The molecule has 0 amide bonds. The number of pyridine rings is 1. The van der Waals surface area contributed by atoms with Crippen molar-refractivity contribution in [2.45, 2.75) is 20.4 Å². The summed E-state index contributed by atoms with van der Waals surface area (Å²) in [6.45, 7) is 3.73. The second-order valence-electron chi connectivity index (χ2n) is 3.72. The summed E-state index contributed by atoms with van der Waals surface area (Å²) < 4.78 is 4.83. The zero-order chi connectivity index (χ0) is 13.1. The average Bonchev–Trinajstić information content (AvgIpc) is 2.72. The number of nitrogens with one attached hydrogen (secondary N) is 1. The Morgan fingerprint density at radius 3 is 2.72 bits per heavy atom. The van der Waals surface area contributed by atoms with E-state index in [2.05, 4.69) is 20.4 Å². The lowest BCUT2D eigenvalue weighted by atomic mass is 10.2. The fourth-order valence-electron chi connectivity index (χ4n) is 1.47. The molecule has 0 saturated carbocycles. The first-order valence-corrected chi connectivity index (χ1v) is 5.30. The summed E-state index contributed by atoms with van der Waals surface area (Å²) in [5.74, 6) is 0.603. The molecule has 0 aliphatic rings. The first kappa shape index (κ1) is 12.0. The first-order chi connectivity index (χ1) is 8.56. The van der Waals surface area contributed by atoms with Crippen LogP contribution in [0.5, 0.6) is 0 Å². The molecule has 2 aromatic heterocycles. The topological polar surface area (TPSA) is 101 Å². The smallest absolute Gasteiger partial charge is 0.337 e. The van der Waals surface area contributed by atoms with Crippen LogP contribution in [0.2, 0.25) is 0 Å². The average molecular weight is 248 g/mol. The molecule has 2 aromatic rings. The lowest BCUT2D eigenvalue weighted by molar-refractivity contribution is 0.0695. The molecule has 0 aliphatic carbocycles. The van der Waals surface area contributed by atoms with E-state index in [4.69, 9.17) is 9.63 Å². The van der Waals surface area contributed by atoms with Crippen LogP contribution in [-0.2, 0) is 6.54 Å². The van der Waals surface area contributed by atoms with Crippen molar-refractivity contribution < 1.29 is 14.4 Å². The largest absolute Gasteiger partial charge is 0.478 e. The van der Waals surface area contributed by atoms with Crippen molar-refractivity contribution in [3.05, 3.63) is 35.1 Å². The van der Waals surface area contributed by atoms with Crippen LogP contribution in [0, 0.1) is 13.8 Å². The van der Waals surface area contributed by atoms with E-state index >= 15 is 0 Å². The SMILES string of the molecule is Cc1nc(CNc2ccc(C(=O)O)c(C)n2)no1. The molecule has 2 rings (SSSR count). The highest BCUT2D eigenvalue weighted by molar-refractivity contribution is 5.89. The number of carboxylic acids is 1. The highest BCUT2D eigenvalue weighted by Gasteiger charge is 2.09. The van der Waals surface area contributed by atoms with E-state index in [-0.39, 0.29) is 5.56 Å². The molecule has 94 valence electrons. The van der Waals surface area contributed by atoms with Gasteiger partial charge in [0.1, 0.15) is 5.82 Å². The van der Waals surface area contributed by atoms with Gasteiger partial charge >= 0.3 is 5.97 Å². The van der Waals surface area contributed by atoms with E-state index in [1.807, 2.05) is 0 Å². The highest BCUT2D eigenvalue weighted by atomic mass is 16.5. The molecular formula is C11H12N4O3. The van der Waals surface area contributed by atoms with Crippen LogP contribution in [0.15, 0.2) is 16.7 Å². The molecule has 0 aliphatic heterocycles. The molecule has 0 aromatic carbocycles. The highest BCUT2D eigenvalue weighted by Crippen LogP contribution is 2.11. The summed E-state index contributed by atoms with van der Waals surface area (Å²) >= 11 is 0. The number of aromatic carboxylic acids is 1. The van der Waals surface area contributed by atoms with E-state index < -0.39 is 5.97 Å². The molecule has 0 unspecified atom stereocenters. The molecule has 0 atom stereocenters. The number of rotatable bonds is 4. The van der Waals surface area contributed by atoms with Gasteiger partial charge in [-0.1, -0.05) is 5.16 Å². The molecule has 2 N–H and O–H groups in total. The third-order valence-corrected chi connectivity index (χ3v) is 2.31. The van der Waals surface area contributed by atoms with Gasteiger partial charge in [-0.3, -0.25) is 0 Å². The Balaban J connectivity index is 2.06. The normalized spacial score (nSPS) is 10.3. The zero-order valence-electron chi connectivity index (χ0n) is 9.97. The lowest BCUT2D eigenvalue weighted by Gasteiger charge is -2.05. The maximum absolute atomic E-state index is 10.8. The van der Waals surface area contributed by atoms with Crippen molar-refractivity contribution >= 4 is 11.8 Å². The second kappa shape index (κ2) is 4.82. The van der Waals surface area contributed by atoms with E-state index in [0.29, 0.717) is 29.8 Å². The monoisotopic (exact) mass is 248 g/mol. The van der Waals surface area contributed by atoms with Crippen molar-refractivity contribution in [1.82, 2.24) is 15.1 Å². The van der Waals surface area contributed by atoms with Gasteiger partial charge in [0.25, 0.3) is 0 Å². The van der Waals surface area contributed by atoms with Gasteiger partial charge in [-0.25, -0.2) is 9.78 Å². The number of aryl methyl sites for hydroxylation is 2. The summed E-state index contributed by atoms with van der Waals surface area (Å²) in [6.07, 6.45) is 0. The molecule has 0 radical (unpaired) electrons. The predicted octanol–water partition coefficient (Wildman–Crippen LogP) is 1.39. The van der Waals surface area contributed by atoms with Crippen molar-refractivity contribution in [3.63, 3.8) is 0 Å². The summed E-state index contributed by atoms with van der Waals surface area (Å²) in [7, 11) is 0. The summed E-state index contributed by atoms with van der Waals surface area (Å²) in [6, 6.07) is 3.11. The predicted molar refractivity (Wildman–Crippen MR) is 62.3 cm³/mol. The van der Waals surface area contributed by atoms with Gasteiger partial charge in [0, 0.05) is 6.92 Å². The van der Waals surface area contributed by atoms with E-state index in [9.17, 15) is 4.79 Å². The van der Waals surface area contributed by atoms with Gasteiger partial charge < -0.3 is 14.9 Å². The van der Waals surface area contributed by atoms with Crippen LogP contribution in [0.25, 0.3) is 0 Å². The minimum absolute atomic E-state index is 0.191. The molecule has 0 spiro atoms. The maximum Gasteiger partial charge on any atom is 0.337 e. The quantitative estimate of drug-likeness (QED) is 0.842. The van der Waals surface area contributed by atoms with E-state index in [1.54, 1.807) is 19.9 Å². The molecule has 0 fully saturated rings. The number of nitrogens with zero attached hydrogens (tertiary/aromatic N) is 3. The Labute approximate surface area is 103 Å². The van der Waals surface area contributed by atoms with Crippen molar-refractivity contribution in [2.75, 3.05) is 5.32 Å². The summed E-state index contributed by atoms with van der Waals surface area (Å²) in [5, 5.41) is 15.6. The number of hydrogen-bond acceptors (Lipinski definition) is 6. The molecule has 2 heterocycles. The van der Waals surface area contributed by atoms with Crippen LogP contribution < -0.4 is 5.32 Å². The minimum Gasteiger partial charge on any atom is -0.478 e. The number of carboxylic acid groups (broad SMARTS) is 1. The number of anilines is 1.